The highest BCUT2D eigenvalue weighted by atomic mass is 15.0. The van der Waals surface area contributed by atoms with Crippen LogP contribution in [-0.4, -0.2) is 4.57 Å². The zero-order valence-corrected chi connectivity index (χ0v) is 39.3. The molecule has 0 amide bonds. The van der Waals surface area contributed by atoms with E-state index in [1.807, 2.05) is 0 Å². The van der Waals surface area contributed by atoms with Crippen LogP contribution >= 0.6 is 0 Å². The third-order valence-electron chi connectivity index (χ3n) is 17.2. The van der Waals surface area contributed by atoms with Crippen LogP contribution in [0.2, 0.25) is 0 Å². The third kappa shape index (κ3) is 4.85. The van der Waals surface area contributed by atoms with Gasteiger partial charge in [0.25, 0.3) is 0 Å². The van der Waals surface area contributed by atoms with Gasteiger partial charge >= 0.3 is 0 Å². The van der Waals surface area contributed by atoms with E-state index in [2.05, 4.69) is 251 Å². The maximum Gasteiger partial charge on any atom is 0.0760 e. The van der Waals surface area contributed by atoms with Crippen molar-refractivity contribution in [3.8, 4) is 50.2 Å². The lowest BCUT2D eigenvalue weighted by atomic mass is 9.63. The van der Waals surface area contributed by atoms with Crippen LogP contribution in [0.3, 0.4) is 0 Å². The molecule has 10 aromatic carbocycles. The zero-order valence-electron chi connectivity index (χ0n) is 39.3. The topological polar surface area (TPSA) is 4.93 Å². The molecule has 326 valence electrons. The van der Waals surface area contributed by atoms with E-state index in [1.54, 1.807) is 0 Å². The highest BCUT2D eigenvalue weighted by Gasteiger charge is 2.52. The van der Waals surface area contributed by atoms with E-state index in [-0.39, 0.29) is 16.7 Å². The molecule has 1 unspecified atom stereocenters. The molecule has 11 aromatic rings. The number of hydrogen-bond donors (Lipinski definition) is 0. The Bertz CT molecular complexity index is 3930. The first-order chi connectivity index (χ1) is 33.8. The first kappa shape index (κ1) is 39.0. The molecule has 1 aromatic heterocycles. The molecule has 1 spiro atoms. The Kier molecular flexibility index (Phi) is 7.69. The predicted molar refractivity (Wildman–Crippen MR) is 286 cm³/mol. The van der Waals surface area contributed by atoms with Crippen molar-refractivity contribution in [2.75, 3.05) is 0 Å². The molecule has 1 nitrogen and oxygen atoms in total. The second-order valence-corrected chi connectivity index (χ2v) is 21.1. The van der Waals surface area contributed by atoms with Crippen LogP contribution in [0.1, 0.15) is 94.8 Å². The maximum atomic E-state index is 2.56. The van der Waals surface area contributed by atoms with Crippen LogP contribution in [0.15, 0.2) is 218 Å². The molecule has 2 heterocycles. The molecule has 69 heavy (non-hydrogen) atoms. The molecule has 1 heteroatoms. The summed E-state index contributed by atoms with van der Waals surface area (Å²) in [7, 11) is 0. The van der Waals surface area contributed by atoms with Gasteiger partial charge in [0.05, 0.1) is 22.1 Å². The van der Waals surface area contributed by atoms with Gasteiger partial charge < -0.3 is 4.57 Å². The summed E-state index contributed by atoms with van der Waals surface area (Å²) in [4.78, 5) is 0. The van der Waals surface area contributed by atoms with Crippen LogP contribution in [0, 0.1) is 0 Å². The van der Waals surface area contributed by atoms with Crippen molar-refractivity contribution in [2.45, 2.75) is 49.9 Å². The van der Waals surface area contributed by atoms with Gasteiger partial charge in [-0.1, -0.05) is 234 Å². The lowest BCUT2D eigenvalue weighted by Crippen LogP contribution is -2.34. The first-order valence-electron chi connectivity index (χ1n) is 24.7. The number of fused-ring (bicyclic) bond motifs is 18. The molecule has 15 rings (SSSR count). The summed E-state index contributed by atoms with van der Waals surface area (Å²) in [6.07, 6.45) is 0. The fourth-order valence-electron chi connectivity index (χ4n) is 14.2. The molecule has 4 aliphatic rings. The van der Waals surface area contributed by atoms with Crippen LogP contribution in [-0.2, 0) is 16.2 Å². The minimum atomic E-state index is -0.585. The van der Waals surface area contributed by atoms with E-state index < -0.39 is 5.41 Å². The Morgan fingerprint density at radius 2 is 0.783 bits per heavy atom. The van der Waals surface area contributed by atoms with Gasteiger partial charge in [-0.3, -0.25) is 0 Å². The van der Waals surface area contributed by atoms with Gasteiger partial charge in [-0.2, -0.15) is 0 Å². The van der Waals surface area contributed by atoms with Crippen molar-refractivity contribution in [3.63, 3.8) is 0 Å². The van der Waals surface area contributed by atoms with Gasteiger partial charge in [-0.15, -0.1) is 0 Å². The van der Waals surface area contributed by atoms with Gasteiger partial charge in [0.1, 0.15) is 0 Å². The van der Waals surface area contributed by atoms with Crippen molar-refractivity contribution in [2.24, 2.45) is 0 Å². The van der Waals surface area contributed by atoms with E-state index >= 15 is 0 Å². The van der Waals surface area contributed by atoms with Crippen LogP contribution in [0.5, 0.6) is 0 Å². The fraction of sp³-hybridized carbons (Fsp3) is 0.118. The van der Waals surface area contributed by atoms with Gasteiger partial charge in [0.15, 0.2) is 0 Å². The summed E-state index contributed by atoms with van der Waals surface area (Å²) < 4.78 is 2.55. The summed E-state index contributed by atoms with van der Waals surface area (Å²) >= 11 is 0. The van der Waals surface area contributed by atoms with Crippen LogP contribution in [0.25, 0.3) is 72.0 Å². The number of nitrogens with zero attached hydrogens (tertiary/aromatic N) is 1. The minimum Gasteiger partial charge on any atom is -0.309 e. The Morgan fingerprint density at radius 3 is 1.45 bits per heavy atom. The molecule has 3 aliphatic carbocycles. The van der Waals surface area contributed by atoms with Gasteiger partial charge in [0, 0.05) is 27.5 Å². The molecule has 0 bridgehead atoms. The van der Waals surface area contributed by atoms with Gasteiger partial charge in [0.2, 0.25) is 0 Å². The molecule has 0 saturated carbocycles. The maximum absolute atomic E-state index is 2.56. The molecular formula is C68H49N. The summed E-state index contributed by atoms with van der Waals surface area (Å²) in [5, 5.41) is 2.58. The Morgan fingerprint density at radius 1 is 0.333 bits per heavy atom. The zero-order chi connectivity index (χ0) is 46.0. The lowest BCUT2D eigenvalue weighted by Gasteiger charge is -2.40. The standard InChI is InChI=1S/C68H49N/c1-66(2)54-28-11-7-20-44(54)47-37-35-41(39-59(47)66)63(42-36-38-48-45-21-8-12-29-55(45)67(3,4)60(48)40-42)50-24-6-5-19-43(50)51-25-17-26-52-46-22-9-13-30-56(46)68(64(51)52)57-31-14-16-34-62(57)69-61-33-15-10-23-49(61)53-27-18-32-58(68)65(53)69/h5-40,63H,1-4H3. The largest absolute Gasteiger partial charge is 0.309 e. The summed E-state index contributed by atoms with van der Waals surface area (Å²) in [5.74, 6) is -0.0592. The minimum absolute atomic E-state index is 0.0592. The van der Waals surface area contributed by atoms with E-state index in [4.69, 9.17) is 0 Å². The number of aromatic nitrogens is 1. The molecule has 0 fully saturated rings. The van der Waals surface area contributed by atoms with E-state index in [0.29, 0.717) is 0 Å². The molecule has 0 N–H and O–H groups in total. The highest BCUT2D eigenvalue weighted by Crippen LogP contribution is 2.63. The molecule has 0 saturated heterocycles. The monoisotopic (exact) mass is 879 g/mol. The van der Waals surface area contributed by atoms with Crippen molar-refractivity contribution in [3.05, 3.63) is 280 Å². The Hall–Kier alpha value is -8.00. The van der Waals surface area contributed by atoms with E-state index in [9.17, 15) is 0 Å². The fourth-order valence-corrected chi connectivity index (χ4v) is 14.2. The smallest absolute Gasteiger partial charge is 0.0760 e. The number of hydrogen-bond acceptors (Lipinski definition) is 0. The summed E-state index contributed by atoms with van der Waals surface area (Å²) in [6, 6.07) is 84.0. The van der Waals surface area contributed by atoms with Crippen LogP contribution < -0.4 is 0 Å². The summed E-state index contributed by atoms with van der Waals surface area (Å²) in [6.45, 7) is 9.63. The predicted octanol–water partition coefficient (Wildman–Crippen LogP) is 16.9. The number of benzene rings is 10. The molecular weight excluding hydrogens is 831 g/mol. The van der Waals surface area contributed by atoms with Gasteiger partial charge in [-0.05, 0) is 118 Å². The van der Waals surface area contributed by atoms with E-state index in [1.165, 1.54) is 133 Å². The third-order valence-corrected chi connectivity index (χ3v) is 17.2. The lowest BCUT2D eigenvalue weighted by molar-refractivity contribution is 0.657. The van der Waals surface area contributed by atoms with Gasteiger partial charge in [-0.25, -0.2) is 0 Å². The van der Waals surface area contributed by atoms with Crippen LogP contribution in [0.4, 0.5) is 0 Å². The van der Waals surface area contributed by atoms with E-state index in [0.717, 1.165) is 0 Å². The average Bonchev–Trinajstić information content (AvgIpc) is 4.04. The van der Waals surface area contributed by atoms with Crippen molar-refractivity contribution < 1.29 is 0 Å². The summed E-state index contributed by atoms with van der Waals surface area (Å²) in [5.41, 5.74) is 28.4. The first-order valence-corrected chi connectivity index (χ1v) is 24.7. The molecule has 1 atom stereocenters. The second-order valence-electron chi connectivity index (χ2n) is 21.1. The second kappa shape index (κ2) is 13.6. The average molecular weight is 880 g/mol. The SMILES string of the molecule is CC1(C)c2ccccc2-c2ccc(C(c3ccc4c(c3)C(C)(C)c3ccccc3-4)c3ccccc3-c3cccc4c3C3(c5ccccc5-4)c4ccccc4-n4c5ccccc5c5cccc3c54)cc21. The number of para-hydroxylation sites is 3. The van der Waals surface area contributed by atoms with Crippen molar-refractivity contribution in [1.82, 2.24) is 4.57 Å². The molecule has 1 aliphatic heterocycles. The Labute approximate surface area is 404 Å². The normalized spacial score (nSPS) is 16.8. The molecule has 0 radical (unpaired) electrons. The quantitative estimate of drug-likeness (QED) is 0.155. The Balaban J connectivity index is 1.03. The van der Waals surface area contributed by atoms with Crippen molar-refractivity contribution in [1.29, 1.82) is 0 Å². The highest BCUT2D eigenvalue weighted by molar-refractivity contribution is 6.13. The van der Waals surface area contributed by atoms with Crippen molar-refractivity contribution >= 4 is 21.8 Å². The number of rotatable bonds is 4.